The number of hydrogen-bond acceptors (Lipinski definition) is 3. The van der Waals surface area contributed by atoms with Crippen molar-refractivity contribution >= 4 is 23.3 Å². The number of thiophene rings is 1. The van der Waals surface area contributed by atoms with Crippen LogP contribution in [0.1, 0.15) is 52.0 Å². The zero-order chi connectivity index (χ0) is 16.3. The maximum Gasteiger partial charge on any atom is 0.331 e. The molecular weight excluding hydrogens is 288 g/mol. The quantitative estimate of drug-likeness (QED) is 0.780. The molecule has 3 N–H and O–H groups in total. The molecule has 118 valence electrons. The average molecular weight is 312 g/mol. The van der Waals surface area contributed by atoms with Gasteiger partial charge >= 0.3 is 12.0 Å². The first kappa shape index (κ1) is 17.5. The second-order valence-corrected chi connectivity index (χ2v) is 7.99. The molecule has 6 heteroatoms. The van der Waals surface area contributed by atoms with E-state index >= 15 is 0 Å². The van der Waals surface area contributed by atoms with Gasteiger partial charge in [0, 0.05) is 10.4 Å². The highest BCUT2D eigenvalue weighted by Gasteiger charge is 2.29. The van der Waals surface area contributed by atoms with Gasteiger partial charge in [0.15, 0.2) is 6.04 Å². The average Bonchev–Trinajstić information content (AvgIpc) is 2.73. The van der Waals surface area contributed by atoms with Crippen molar-refractivity contribution in [2.45, 2.75) is 52.6 Å². The summed E-state index contributed by atoms with van der Waals surface area (Å²) >= 11 is 1.31. The summed E-state index contributed by atoms with van der Waals surface area (Å²) < 4.78 is 0. The van der Waals surface area contributed by atoms with Crippen LogP contribution >= 0.6 is 11.3 Å². The molecule has 0 spiro atoms. The first-order valence-electron chi connectivity index (χ1n) is 6.85. The van der Waals surface area contributed by atoms with Crippen molar-refractivity contribution in [3.8, 4) is 0 Å². The van der Waals surface area contributed by atoms with E-state index in [1.54, 1.807) is 17.5 Å². The molecule has 5 nitrogen and oxygen atoms in total. The van der Waals surface area contributed by atoms with Crippen molar-refractivity contribution in [1.29, 1.82) is 0 Å². The van der Waals surface area contributed by atoms with Gasteiger partial charge in [-0.3, -0.25) is 0 Å². The summed E-state index contributed by atoms with van der Waals surface area (Å²) in [4.78, 5) is 24.0. The smallest absolute Gasteiger partial charge is 0.331 e. The lowest BCUT2D eigenvalue weighted by molar-refractivity contribution is -0.139. The largest absolute Gasteiger partial charge is 0.479 e. The third kappa shape index (κ3) is 6.16. The minimum absolute atomic E-state index is 0.0662. The Morgan fingerprint density at radius 1 is 1.29 bits per heavy atom. The lowest BCUT2D eigenvalue weighted by atomic mass is 9.82. The first-order valence-corrected chi connectivity index (χ1v) is 7.73. The molecule has 0 saturated heterocycles. The predicted octanol–water partition coefficient (Wildman–Crippen LogP) is 3.39. The summed E-state index contributed by atoms with van der Waals surface area (Å²) in [5.74, 6) is -1.07. The number of carbonyl (C=O) groups excluding carboxylic acids is 1. The fraction of sp³-hybridized carbons (Fsp3) is 0.600. The Labute approximate surface area is 129 Å². The molecule has 0 aliphatic rings. The summed E-state index contributed by atoms with van der Waals surface area (Å²) in [6.45, 7) is 10.2. The number of rotatable bonds is 5. The highest BCUT2D eigenvalue weighted by Crippen LogP contribution is 2.27. The lowest BCUT2D eigenvalue weighted by Gasteiger charge is -2.33. The van der Waals surface area contributed by atoms with E-state index in [2.05, 4.69) is 31.4 Å². The number of carbonyl (C=O) groups is 2. The molecule has 1 aromatic heterocycles. The van der Waals surface area contributed by atoms with Crippen molar-refractivity contribution in [2.75, 3.05) is 0 Å². The van der Waals surface area contributed by atoms with Gasteiger partial charge in [0.1, 0.15) is 0 Å². The molecule has 1 heterocycles. The van der Waals surface area contributed by atoms with Crippen molar-refractivity contribution in [1.82, 2.24) is 10.6 Å². The van der Waals surface area contributed by atoms with E-state index < -0.39 is 23.6 Å². The van der Waals surface area contributed by atoms with Gasteiger partial charge in [0.2, 0.25) is 0 Å². The predicted molar refractivity (Wildman–Crippen MR) is 84.5 cm³/mol. The fourth-order valence-electron chi connectivity index (χ4n) is 2.55. The van der Waals surface area contributed by atoms with Crippen molar-refractivity contribution in [2.24, 2.45) is 5.41 Å². The third-order valence-electron chi connectivity index (χ3n) is 2.77. The Bertz CT molecular complexity index is 490. The van der Waals surface area contributed by atoms with Gasteiger partial charge in [0.05, 0.1) is 0 Å². The first-order chi connectivity index (χ1) is 9.50. The number of carboxylic acid groups (broad SMARTS) is 1. The molecule has 21 heavy (non-hydrogen) atoms. The zero-order valence-corrected chi connectivity index (χ0v) is 14.0. The Hall–Kier alpha value is -1.56. The molecule has 1 aromatic rings. The number of carboxylic acids is 1. The van der Waals surface area contributed by atoms with Crippen LogP contribution in [-0.2, 0) is 4.79 Å². The highest BCUT2D eigenvalue weighted by atomic mass is 32.1. The van der Waals surface area contributed by atoms with Gasteiger partial charge in [0.25, 0.3) is 0 Å². The number of aliphatic carboxylic acids is 1. The summed E-state index contributed by atoms with van der Waals surface area (Å²) in [6.07, 6.45) is 0.782. The second kappa shape index (κ2) is 6.47. The molecular formula is C15H24N2O3S. The van der Waals surface area contributed by atoms with E-state index in [4.69, 9.17) is 0 Å². The fourth-order valence-corrected chi connectivity index (χ4v) is 3.32. The highest BCUT2D eigenvalue weighted by molar-refractivity contribution is 7.10. The molecule has 0 aliphatic carbocycles. The van der Waals surface area contributed by atoms with Crippen LogP contribution in [0.15, 0.2) is 17.5 Å². The second-order valence-electron chi connectivity index (χ2n) is 7.01. The van der Waals surface area contributed by atoms with Gasteiger partial charge in [-0.25, -0.2) is 9.59 Å². The van der Waals surface area contributed by atoms with Crippen molar-refractivity contribution in [3.63, 3.8) is 0 Å². The monoisotopic (exact) mass is 312 g/mol. The van der Waals surface area contributed by atoms with E-state index in [0.29, 0.717) is 4.88 Å². The van der Waals surface area contributed by atoms with Crippen LogP contribution in [-0.4, -0.2) is 22.6 Å². The van der Waals surface area contributed by atoms with Gasteiger partial charge in [-0.15, -0.1) is 11.3 Å². The molecule has 2 amide bonds. The molecule has 0 aliphatic heterocycles. The van der Waals surface area contributed by atoms with Gasteiger partial charge < -0.3 is 15.7 Å². The van der Waals surface area contributed by atoms with Gasteiger partial charge in [-0.05, 0) is 37.1 Å². The van der Waals surface area contributed by atoms with Crippen LogP contribution in [0.4, 0.5) is 4.79 Å². The zero-order valence-electron chi connectivity index (χ0n) is 13.2. The Morgan fingerprint density at radius 2 is 1.90 bits per heavy atom. The minimum Gasteiger partial charge on any atom is -0.479 e. The topological polar surface area (TPSA) is 78.4 Å². The number of nitrogens with one attached hydrogen (secondary N) is 2. The number of urea groups is 1. The van der Waals surface area contributed by atoms with E-state index in [-0.39, 0.29) is 5.41 Å². The maximum atomic E-state index is 12.1. The maximum absolute atomic E-state index is 12.1. The van der Waals surface area contributed by atoms with Crippen LogP contribution in [0.5, 0.6) is 0 Å². The molecule has 0 radical (unpaired) electrons. The van der Waals surface area contributed by atoms with Crippen molar-refractivity contribution in [3.05, 3.63) is 22.4 Å². The number of amides is 2. The molecule has 0 bridgehead atoms. The Morgan fingerprint density at radius 3 is 2.33 bits per heavy atom. The van der Waals surface area contributed by atoms with E-state index in [1.807, 2.05) is 13.8 Å². The van der Waals surface area contributed by atoms with E-state index in [1.165, 1.54) is 11.3 Å². The summed E-state index contributed by atoms with van der Waals surface area (Å²) in [6, 6.07) is 1.98. The van der Waals surface area contributed by atoms with E-state index in [9.17, 15) is 14.7 Å². The Kier molecular flexibility index (Phi) is 5.39. The molecule has 1 atom stereocenters. The normalized spacial score (nSPS) is 13.6. The lowest BCUT2D eigenvalue weighted by Crippen LogP contribution is -2.51. The molecule has 0 saturated carbocycles. The molecule has 1 rings (SSSR count). The van der Waals surface area contributed by atoms with Crippen LogP contribution in [0.2, 0.25) is 0 Å². The van der Waals surface area contributed by atoms with E-state index in [0.717, 1.165) is 6.42 Å². The van der Waals surface area contributed by atoms with Crippen molar-refractivity contribution < 1.29 is 14.7 Å². The SMILES string of the molecule is CC(C)(C)CC(C)(C)NC(=O)NC(C(=O)O)c1cccs1. The Balaban J connectivity index is 2.69. The van der Waals surface area contributed by atoms with Crippen LogP contribution in [0, 0.1) is 5.41 Å². The molecule has 1 unspecified atom stereocenters. The third-order valence-corrected chi connectivity index (χ3v) is 3.71. The summed E-state index contributed by atoms with van der Waals surface area (Å²) in [7, 11) is 0. The standard InChI is InChI=1S/C15H24N2O3S/c1-14(2,3)9-15(4,5)17-13(20)16-11(12(18)19)10-7-6-8-21-10/h6-8,11H,9H2,1-5H3,(H,18,19)(H2,16,17,20). The minimum atomic E-state index is -1.07. The van der Waals surface area contributed by atoms with Crippen LogP contribution in [0.25, 0.3) is 0 Å². The van der Waals surface area contributed by atoms with Gasteiger partial charge in [-0.2, -0.15) is 0 Å². The van der Waals surface area contributed by atoms with Gasteiger partial charge in [-0.1, -0.05) is 26.8 Å². The van der Waals surface area contributed by atoms with Crippen LogP contribution < -0.4 is 10.6 Å². The summed E-state index contributed by atoms with van der Waals surface area (Å²) in [5.41, 5.74) is -0.350. The number of hydrogen-bond donors (Lipinski definition) is 3. The van der Waals surface area contributed by atoms with Crippen LogP contribution in [0.3, 0.4) is 0 Å². The molecule has 0 aromatic carbocycles. The molecule has 0 fully saturated rings. The summed E-state index contributed by atoms with van der Waals surface area (Å²) in [5, 5.41) is 16.4.